The molecular weight excluding hydrogens is 260 g/mol. The molecular formula is C14H16N2O2S. The second kappa shape index (κ2) is 5.84. The molecule has 0 spiro atoms. The van der Waals surface area contributed by atoms with Crippen LogP contribution in [0.15, 0.2) is 35.7 Å². The monoisotopic (exact) mass is 276 g/mol. The third-order valence-electron chi connectivity index (χ3n) is 2.89. The summed E-state index contributed by atoms with van der Waals surface area (Å²) < 4.78 is 0. The molecule has 2 aromatic rings. The van der Waals surface area contributed by atoms with Crippen LogP contribution in [0.4, 0.5) is 10.7 Å². The lowest BCUT2D eigenvalue weighted by Crippen LogP contribution is -2.02. The van der Waals surface area contributed by atoms with E-state index >= 15 is 0 Å². The van der Waals surface area contributed by atoms with Gasteiger partial charge in [0.05, 0.1) is 4.92 Å². The molecule has 5 heteroatoms. The zero-order valence-corrected chi connectivity index (χ0v) is 11.7. The molecule has 1 heterocycles. The maximum Gasteiger partial charge on any atom is 0.324 e. The number of hydrogen-bond donors (Lipinski definition) is 1. The number of anilines is 1. The Morgan fingerprint density at radius 3 is 2.74 bits per heavy atom. The minimum Gasteiger partial charge on any atom is -0.381 e. The molecule has 0 saturated heterocycles. The Bertz CT molecular complexity index is 578. The fourth-order valence-corrected chi connectivity index (χ4v) is 2.64. The molecule has 0 aliphatic rings. The number of benzene rings is 1. The molecule has 2 rings (SSSR count). The lowest BCUT2D eigenvalue weighted by molar-refractivity contribution is -0.380. The van der Waals surface area contributed by atoms with Gasteiger partial charge in [-0.1, -0.05) is 43.4 Å². The van der Waals surface area contributed by atoms with Gasteiger partial charge in [0.15, 0.2) is 0 Å². The van der Waals surface area contributed by atoms with E-state index in [1.54, 1.807) is 6.07 Å². The molecule has 0 radical (unpaired) electrons. The SMILES string of the molecule is CC(C)c1ccccc1NCc1csc([N+](=O)[O-])c1. The fourth-order valence-electron chi connectivity index (χ4n) is 1.91. The van der Waals surface area contributed by atoms with Crippen molar-refractivity contribution in [1.82, 2.24) is 0 Å². The Morgan fingerprint density at radius 2 is 2.11 bits per heavy atom. The van der Waals surface area contributed by atoms with E-state index in [2.05, 4.69) is 25.2 Å². The largest absolute Gasteiger partial charge is 0.381 e. The highest BCUT2D eigenvalue weighted by atomic mass is 32.1. The number of hydrogen-bond acceptors (Lipinski definition) is 4. The van der Waals surface area contributed by atoms with Gasteiger partial charge in [0, 0.05) is 23.7 Å². The smallest absolute Gasteiger partial charge is 0.324 e. The Labute approximate surface area is 116 Å². The molecule has 0 aliphatic carbocycles. The zero-order valence-electron chi connectivity index (χ0n) is 10.9. The summed E-state index contributed by atoms with van der Waals surface area (Å²) in [6.07, 6.45) is 0. The minimum atomic E-state index is -0.351. The van der Waals surface area contributed by atoms with Crippen LogP contribution in [0, 0.1) is 10.1 Å². The quantitative estimate of drug-likeness (QED) is 0.650. The van der Waals surface area contributed by atoms with Crippen molar-refractivity contribution in [2.24, 2.45) is 0 Å². The predicted molar refractivity (Wildman–Crippen MR) is 78.8 cm³/mol. The predicted octanol–water partition coefficient (Wildman–Crippen LogP) is 4.39. The highest BCUT2D eigenvalue weighted by molar-refractivity contribution is 7.13. The van der Waals surface area contributed by atoms with E-state index in [9.17, 15) is 10.1 Å². The van der Waals surface area contributed by atoms with Crippen molar-refractivity contribution in [2.75, 3.05) is 5.32 Å². The molecule has 0 unspecified atom stereocenters. The molecule has 100 valence electrons. The van der Waals surface area contributed by atoms with Gasteiger partial charge in [0.2, 0.25) is 0 Å². The summed E-state index contributed by atoms with van der Waals surface area (Å²) >= 11 is 1.16. The van der Waals surface area contributed by atoms with E-state index in [4.69, 9.17) is 0 Å². The molecule has 0 fully saturated rings. The van der Waals surface area contributed by atoms with Crippen molar-refractivity contribution in [3.63, 3.8) is 0 Å². The molecule has 1 aromatic heterocycles. The topological polar surface area (TPSA) is 55.2 Å². The molecule has 0 aliphatic heterocycles. The number of nitrogens with one attached hydrogen (secondary N) is 1. The van der Waals surface area contributed by atoms with Crippen LogP contribution in [0.3, 0.4) is 0 Å². The summed E-state index contributed by atoms with van der Waals surface area (Å²) in [5, 5.41) is 16.0. The maximum absolute atomic E-state index is 10.6. The summed E-state index contributed by atoms with van der Waals surface area (Å²) in [6.45, 7) is 4.90. The van der Waals surface area contributed by atoms with E-state index in [1.165, 1.54) is 5.56 Å². The third kappa shape index (κ3) is 3.32. The van der Waals surface area contributed by atoms with E-state index in [1.807, 2.05) is 23.6 Å². The third-order valence-corrected chi connectivity index (χ3v) is 3.81. The van der Waals surface area contributed by atoms with E-state index in [0.717, 1.165) is 22.6 Å². The first-order valence-electron chi connectivity index (χ1n) is 6.12. The van der Waals surface area contributed by atoms with Gasteiger partial charge in [-0.3, -0.25) is 10.1 Å². The second-order valence-electron chi connectivity index (χ2n) is 4.65. The van der Waals surface area contributed by atoms with Crippen molar-refractivity contribution in [3.8, 4) is 0 Å². The van der Waals surface area contributed by atoms with Crippen LogP contribution in [0.5, 0.6) is 0 Å². The van der Waals surface area contributed by atoms with Crippen LogP contribution in [0.25, 0.3) is 0 Å². The van der Waals surface area contributed by atoms with Crippen molar-refractivity contribution in [2.45, 2.75) is 26.3 Å². The Kier molecular flexibility index (Phi) is 4.16. The van der Waals surface area contributed by atoms with E-state index in [-0.39, 0.29) is 9.92 Å². The van der Waals surface area contributed by atoms with Crippen molar-refractivity contribution in [1.29, 1.82) is 0 Å². The minimum absolute atomic E-state index is 0.189. The average Bonchev–Trinajstić information content (AvgIpc) is 2.85. The van der Waals surface area contributed by atoms with Gasteiger partial charge in [0.1, 0.15) is 0 Å². The molecule has 0 saturated carbocycles. The van der Waals surface area contributed by atoms with Crippen LogP contribution in [-0.2, 0) is 6.54 Å². The van der Waals surface area contributed by atoms with Gasteiger partial charge in [-0.15, -0.1) is 0 Å². The highest BCUT2D eigenvalue weighted by Gasteiger charge is 2.10. The zero-order chi connectivity index (χ0) is 13.8. The number of rotatable bonds is 5. The summed E-state index contributed by atoms with van der Waals surface area (Å²) in [6, 6.07) is 9.77. The van der Waals surface area contributed by atoms with Gasteiger partial charge in [-0.25, -0.2) is 0 Å². The van der Waals surface area contributed by atoms with Crippen molar-refractivity contribution in [3.05, 3.63) is 57.0 Å². The Balaban J connectivity index is 2.08. The Morgan fingerprint density at radius 1 is 1.37 bits per heavy atom. The normalized spacial score (nSPS) is 10.7. The molecule has 1 N–H and O–H groups in total. The van der Waals surface area contributed by atoms with Crippen molar-refractivity contribution >= 4 is 22.0 Å². The first-order chi connectivity index (χ1) is 9.08. The van der Waals surface area contributed by atoms with Crippen molar-refractivity contribution < 1.29 is 4.92 Å². The maximum atomic E-state index is 10.6. The van der Waals surface area contributed by atoms with Gasteiger partial charge in [-0.05, 0) is 23.1 Å². The van der Waals surface area contributed by atoms with Crippen LogP contribution in [0.2, 0.25) is 0 Å². The first-order valence-corrected chi connectivity index (χ1v) is 7.00. The second-order valence-corrected chi connectivity index (χ2v) is 5.54. The number of thiophene rings is 1. The summed E-state index contributed by atoms with van der Waals surface area (Å²) in [7, 11) is 0. The summed E-state index contributed by atoms with van der Waals surface area (Å²) in [5.41, 5.74) is 3.29. The first kappa shape index (κ1) is 13.5. The molecule has 0 amide bonds. The van der Waals surface area contributed by atoms with Gasteiger partial charge < -0.3 is 5.32 Å². The lowest BCUT2D eigenvalue weighted by Gasteiger charge is -2.13. The highest BCUT2D eigenvalue weighted by Crippen LogP contribution is 2.26. The van der Waals surface area contributed by atoms with Crippen LogP contribution < -0.4 is 5.32 Å². The summed E-state index contributed by atoms with van der Waals surface area (Å²) in [5.74, 6) is 0.445. The molecule has 1 aromatic carbocycles. The van der Waals surface area contributed by atoms with Crippen LogP contribution in [0.1, 0.15) is 30.9 Å². The van der Waals surface area contributed by atoms with E-state index < -0.39 is 0 Å². The molecule has 0 bridgehead atoms. The summed E-state index contributed by atoms with van der Waals surface area (Å²) in [4.78, 5) is 10.3. The Hall–Kier alpha value is -1.88. The van der Waals surface area contributed by atoms with E-state index in [0.29, 0.717) is 12.5 Å². The van der Waals surface area contributed by atoms with Crippen LogP contribution in [-0.4, -0.2) is 4.92 Å². The fraction of sp³-hybridized carbons (Fsp3) is 0.286. The lowest BCUT2D eigenvalue weighted by atomic mass is 10.0. The average molecular weight is 276 g/mol. The molecule has 19 heavy (non-hydrogen) atoms. The standard InChI is InChI=1S/C14H16N2O2S/c1-10(2)12-5-3-4-6-13(12)15-8-11-7-14(16(17)18)19-9-11/h3-7,9-10,15H,8H2,1-2H3. The molecule has 0 atom stereocenters. The number of nitrogens with zero attached hydrogens (tertiary/aromatic N) is 1. The van der Waals surface area contributed by atoms with Gasteiger partial charge >= 0.3 is 5.00 Å². The molecule has 4 nitrogen and oxygen atoms in total. The number of nitro groups is 1. The van der Waals surface area contributed by atoms with Crippen LogP contribution >= 0.6 is 11.3 Å². The van der Waals surface area contributed by atoms with Gasteiger partial charge in [0.25, 0.3) is 0 Å². The van der Waals surface area contributed by atoms with Gasteiger partial charge in [-0.2, -0.15) is 0 Å². The number of para-hydroxylation sites is 1.